The lowest BCUT2D eigenvalue weighted by Gasteiger charge is -2.61. The Morgan fingerprint density at radius 1 is 1.00 bits per heavy atom. The highest BCUT2D eigenvalue weighted by atomic mass is 35.5. The number of hydrogen-bond donors (Lipinski definition) is 2. The maximum Gasteiger partial charge on any atom is 0.418 e. The highest BCUT2D eigenvalue weighted by Gasteiger charge is 2.63. The van der Waals surface area contributed by atoms with Crippen molar-refractivity contribution in [2.75, 3.05) is 5.32 Å². The third-order valence-corrected chi connectivity index (χ3v) is 11.0. The third kappa shape index (κ3) is 4.29. The fraction of sp³-hybridized carbons (Fsp3) is 0.704. The number of halogens is 7. The highest BCUT2D eigenvalue weighted by Crippen LogP contribution is 2.66. The molecule has 0 unspecified atom stereocenters. The number of hydrogen-bond acceptors (Lipinski definition) is 2. The summed E-state index contributed by atoms with van der Waals surface area (Å²) in [6, 6.07) is 1.10. The van der Waals surface area contributed by atoms with Crippen molar-refractivity contribution in [1.29, 1.82) is 0 Å². The topological polar surface area (TPSA) is 58.2 Å². The van der Waals surface area contributed by atoms with Crippen molar-refractivity contribution < 1.29 is 35.9 Å². The van der Waals surface area contributed by atoms with E-state index in [4.69, 9.17) is 11.6 Å². The number of piperidine rings is 1. The Morgan fingerprint density at radius 2 is 1.71 bits per heavy atom. The predicted octanol–water partition coefficient (Wildman–Crippen LogP) is 7.02. The first-order chi connectivity index (χ1) is 17.6. The normalized spacial score (nSPS) is 39.0. The molecule has 38 heavy (non-hydrogen) atoms. The molecular formula is C27H31ClF6N2O2. The first-order valence-electron chi connectivity index (χ1n) is 13.1. The van der Waals surface area contributed by atoms with E-state index in [-0.39, 0.29) is 46.9 Å². The molecule has 3 saturated carbocycles. The molecule has 5 rings (SSSR count). The predicted molar refractivity (Wildman–Crippen MR) is 129 cm³/mol. The Kier molecular flexibility index (Phi) is 6.56. The van der Waals surface area contributed by atoms with E-state index in [1.54, 1.807) is 0 Å². The molecule has 1 aromatic rings. The number of fused-ring (bicyclic) bond motifs is 5. The molecule has 1 heterocycles. The summed E-state index contributed by atoms with van der Waals surface area (Å²) in [7, 11) is 0. The summed E-state index contributed by atoms with van der Waals surface area (Å²) in [6.45, 7) is 4.14. The Hall–Kier alpha value is -1.97. The maximum atomic E-state index is 13.6. The molecule has 1 aliphatic heterocycles. The van der Waals surface area contributed by atoms with Gasteiger partial charge in [-0.1, -0.05) is 13.8 Å². The monoisotopic (exact) mass is 564 g/mol. The van der Waals surface area contributed by atoms with Crippen LogP contribution in [0.25, 0.3) is 0 Å². The number of amides is 2. The van der Waals surface area contributed by atoms with Crippen LogP contribution < -0.4 is 10.6 Å². The van der Waals surface area contributed by atoms with Crippen molar-refractivity contribution in [2.45, 2.75) is 82.6 Å². The van der Waals surface area contributed by atoms with Crippen LogP contribution >= 0.6 is 11.6 Å². The molecule has 11 heteroatoms. The first kappa shape index (κ1) is 27.6. The second kappa shape index (κ2) is 9.03. The Balaban J connectivity index is 1.40. The minimum absolute atomic E-state index is 0.0148. The molecule has 2 amide bonds. The van der Waals surface area contributed by atoms with Crippen molar-refractivity contribution >= 4 is 29.1 Å². The van der Waals surface area contributed by atoms with Crippen LogP contribution in [0, 0.1) is 34.5 Å². The van der Waals surface area contributed by atoms with E-state index in [1.807, 2.05) is 6.92 Å². The largest absolute Gasteiger partial charge is 0.418 e. The molecule has 0 bridgehead atoms. The van der Waals surface area contributed by atoms with Gasteiger partial charge in [0, 0.05) is 29.2 Å². The van der Waals surface area contributed by atoms with Crippen LogP contribution in [0.5, 0.6) is 0 Å². The van der Waals surface area contributed by atoms with Gasteiger partial charge in [-0.15, -0.1) is 11.6 Å². The van der Waals surface area contributed by atoms with Crippen molar-refractivity contribution in [3.8, 4) is 0 Å². The van der Waals surface area contributed by atoms with Crippen LogP contribution in [0.4, 0.5) is 32.0 Å². The lowest BCUT2D eigenvalue weighted by molar-refractivity contribution is -0.141. The molecule has 8 atom stereocenters. The number of anilines is 1. The lowest BCUT2D eigenvalue weighted by atomic mass is 9.47. The number of alkyl halides is 7. The second-order valence-corrected chi connectivity index (χ2v) is 12.6. The SMILES string of the molecule is C[C@@]12CC[C@@H]3[C@H](CC[C@@H]4NC(=O)C[C@@H](Cl)[C@]43C)[C@H]1CC[C@H]2C(=O)Nc1cc(C(F)(F)F)ccc1C(F)(F)F. The van der Waals surface area contributed by atoms with Crippen molar-refractivity contribution in [3.05, 3.63) is 29.3 Å². The standard InChI is InChI=1S/C27H31ClF6N2O2/c1-24-10-9-16-14(4-8-21-25(16,2)20(28)12-22(37)36-21)15(24)6-7-18(24)23(38)35-19-11-13(26(29,30)31)3-5-17(19)27(32,33)34/h3,5,11,14-16,18,20-21H,4,6-10,12H2,1-2H3,(H,35,38)(H,36,37)/t14-,15-,16-,18+,20-,21+,24-,25-/m1/s1. The van der Waals surface area contributed by atoms with Crippen LogP contribution in [0.1, 0.15) is 69.9 Å². The average molecular weight is 565 g/mol. The van der Waals surface area contributed by atoms with Gasteiger partial charge in [0.25, 0.3) is 0 Å². The fourth-order valence-electron chi connectivity index (χ4n) is 8.43. The molecule has 3 aliphatic carbocycles. The summed E-state index contributed by atoms with van der Waals surface area (Å²) in [6.07, 6.45) is -5.29. The number of nitrogens with one attached hydrogen (secondary N) is 2. The van der Waals surface area contributed by atoms with Gasteiger partial charge in [0.1, 0.15) is 0 Å². The van der Waals surface area contributed by atoms with E-state index in [0.717, 1.165) is 19.3 Å². The van der Waals surface area contributed by atoms with Crippen LogP contribution in [-0.4, -0.2) is 23.2 Å². The molecular weight excluding hydrogens is 534 g/mol. The smallest absolute Gasteiger partial charge is 0.353 e. The summed E-state index contributed by atoms with van der Waals surface area (Å²) >= 11 is 6.79. The number of rotatable bonds is 2. The van der Waals surface area contributed by atoms with Gasteiger partial charge in [-0.2, -0.15) is 26.3 Å². The van der Waals surface area contributed by atoms with Crippen molar-refractivity contribution in [2.24, 2.45) is 34.5 Å². The molecule has 4 fully saturated rings. The van der Waals surface area contributed by atoms with Gasteiger partial charge in [-0.05, 0) is 79.9 Å². The van der Waals surface area contributed by atoms with Crippen LogP contribution in [0.3, 0.4) is 0 Å². The lowest BCUT2D eigenvalue weighted by Crippen LogP contribution is -2.65. The summed E-state index contributed by atoms with van der Waals surface area (Å²) in [5.74, 6) is -0.699. The number of carbonyl (C=O) groups excluding carboxylic acids is 2. The van der Waals surface area contributed by atoms with E-state index in [9.17, 15) is 35.9 Å². The van der Waals surface area contributed by atoms with E-state index in [0.29, 0.717) is 37.5 Å². The summed E-state index contributed by atoms with van der Waals surface area (Å²) in [4.78, 5) is 25.5. The number of benzene rings is 1. The van der Waals surface area contributed by atoms with Gasteiger partial charge in [0.15, 0.2) is 0 Å². The minimum atomic E-state index is -4.92. The van der Waals surface area contributed by atoms with Gasteiger partial charge in [-0.3, -0.25) is 9.59 Å². The van der Waals surface area contributed by atoms with Gasteiger partial charge >= 0.3 is 12.4 Å². The van der Waals surface area contributed by atoms with E-state index in [1.165, 1.54) is 0 Å². The molecule has 4 aliphatic rings. The second-order valence-electron chi connectivity index (χ2n) is 12.0. The molecule has 2 N–H and O–H groups in total. The van der Waals surface area contributed by atoms with E-state index in [2.05, 4.69) is 17.6 Å². The molecule has 210 valence electrons. The maximum absolute atomic E-state index is 13.6. The quantitative estimate of drug-likeness (QED) is 0.300. The minimum Gasteiger partial charge on any atom is -0.353 e. The molecule has 1 aromatic carbocycles. The van der Waals surface area contributed by atoms with Gasteiger partial charge in [0.2, 0.25) is 11.8 Å². The zero-order valence-electron chi connectivity index (χ0n) is 21.1. The molecule has 4 nitrogen and oxygen atoms in total. The van der Waals surface area contributed by atoms with E-state index < -0.39 is 46.4 Å². The summed E-state index contributed by atoms with van der Waals surface area (Å²) in [5.41, 5.74) is -4.21. The van der Waals surface area contributed by atoms with Crippen LogP contribution in [-0.2, 0) is 21.9 Å². The first-order valence-corrected chi connectivity index (χ1v) is 13.5. The Morgan fingerprint density at radius 3 is 2.37 bits per heavy atom. The Labute approximate surface area is 222 Å². The van der Waals surface area contributed by atoms with Gasteiger partial charge in [-0.25, -0.2) is 0 Å². The van der Waals surface area contributed by atoms with Crippen molar-refractivity contribution in [1.82, 2.24) is 5.32 Å². The highest BCUT2D eigenvalue weighted by molar-refractivity contribution is 6.22. The van der Waals surface area contributed by atoms with Gasteiger partial charge in [0.05, 0.1) is 16.8 Å². The van der Waals surface area contributed by atoms with Gasteiger partial charge < -0.3 is 10.6 Å². The molecule has 0 radical (unpaired) electrons. The number of carbonyl (C=O) groups is 2. The Bertz CT molecular complexity index is 1140. The van der Waals surface area contributed by atoms with Crippen LogP contribution in [0.15, 0.2) is 18.2 Å². The zero-order valence-corrected chi connectivity index (χ0v) is 21.9. The third-order valence-electron chi connectivity index (χ3n) is 10.4. The molecule has 1 saturated heterocycles. The fourth-order valence-corrected chi connectivity index (χ4v) is 8.88. The van der Waals surface area contributed by atoms with Crippen LogP contribution in [0.2, 0.25) is 0 Å². The molecule has 0 spiro atoms. The summed E-state index contributed by atoms with van der Waals surface area (Å²) in [5, 5.41) is 5.05. The van der Waals surface area contributed by atoms with Crippen molar-refractivity contribution in [3.63, 3.8) is 0 Å². The van der Waals surface area contributed by atoms with E-state index >= 15 is 0 Å². The average Bonchev–Trinajstić information content (AvgIpc) is 3.16. The zero-order chi connectivity index (χ0) is 27.8. The molecule has 0 aromatic heterocycles. The summed E-state index contributed by atoms with van der Waals surface area (Å²) < 4.78 is 80.5.